The molecule has 440 valence electrons. The highest BCUT2D eigenvalue weighted by molar-refractivity contribution is 5.96. The lowest BCUT2D eigenvalue weighted by molar-refractivity contribution is -0.133. The topological polar surface area (TPSA) is 355 Å². The average molecular weight is 1110 g/mol. The lowest BCUT2D eigenvalue weighted by Gasteiger charge is -2.23. The molecule has 0 spiro atoms. The Hall–Kier alpha value is -6.84. The van der Waals surface area contributed by atoms with Crippen LogP contribution in [0.2, 0.25) is 0 Å². The summed E-state index contributed by atoms with van der Waals surface area (Å²) >= 11 is 0. The van der Waals surface area contributed by atoms with Gasteiger partial charge in [0.15, 0.2) is 23.1 Å². The zero-order valence-electron chi connectivity index (χ0n) is 48.4. The minimum Gasteiger partial charge on any atom is -0.349 e. The standard InChI is InChI=1S/C21H31N3O4.C20H37N3O4.C17H23N3O4/c1-14(2)9-17(21(28)23-13-15(3)25)11-19(26)18(24-20(27)12-22)10-16-7-5-4-6-8-16;1-11(2)8-16(15(7)24)22-19(26)13(5)10-18(25)17(9-12(3)4)23-20(27)14(6)21;1-12(21)10-20-17(24)14(7-13-5-3-2-4-6-13)8-15(22)11-19-16(23)9-18/h4-8,14,17-18H,9-13,22H2,1-3H3,(H,23,28)(H,24,27);11-14,16-17H,8-10,21H2,1-7H3,(H,22,26)(H,23,27);2-6,14H,7-11,18H2,1H3,(H,19,23)(H,20,24)/t17-,18+;13-,14+,16+,17+;14-/m111/s1. The third-order valence-corrected chi connectivity index (χ3v) is 11.9. The van der Waals surface area contributed by atoms with Crippen LogP contribution in [0.3, 0.4) is 0 Å². The first-order valence-corrected chi connectivity index (χ1v) is 27.0. The number of ketones is 6. The highest BCUT2D eigenvalue weighted by Gasteiger charge is 2.30. The summed E-state index contributed by atoms with van der Waals surface area (Å²) in [5.74, 6) is -4.44. The first-order valence-electron chi connectivity index (χ1n) is 27.0. The summed E-state index contributed by atoms with van der Waals surface area (Å²) in [6, 6.07) is 16.0. The largest absolute Gasteiger partial charge is 0.349 e. The summed E-state index contributed by atoms with van der Waals surface area (Å²) < 4.78 is 0. The van der Waals surface area contributed by atoms with E-state index in [2.05, 4.69) is 31.9 Å². The van der Waals surface area contributed by atoms with Crippen LogP contribution in [0.1, 0.15) is 126 Å². The summed E-state index contributed by atoms with van der Waals surface area (Å²) in [5.41, 5.74) is 17.9. The first-order chi connectivity index (χ1) is 37.0. The van der Waals surface area contributed by atoms with E-state index >= 15 is 0 Å². The van der Waals surface area contributed by atoms with Crippen LogP contribution in [-0.4, -0.2) is 127 Å². The molecule has 12 N–H and O–H groups in total. The van der Waals surface area contributed by atoms with Crippen LogP contribution in [0.5, 0.6) is 0 Å². The molecular formula is C58H91N9O12. The van der Waals surface area contributed by atoms with Gasteiger partial charge in [-0.05, 0) is 88.7 Å². The number of rotatable bonds is 34. The van der Waals surface area contributed by atoms with Crippen molar-refractivity contribution in [2.75, 3.05) is 32.7 Å². The predicted octanol–water partition coefficient (Wildman–Crippen LogP) is 2.16. The van der Waals surface area contributed by atoms with Crippen molar-refractivity contribution in [2.45, 2.75) is 152 Å². The average Bonchev–Trinajstić information content (AvgIpc) is 3.37. The Morgan fingerprint density at radius 1 is 0.443 bits per heavy atom. The number of hydrogen-bond donors (Lipinski definition) is 9. The quantitative estimate of drug-likeness (QED) is 0.0485. The molecule has 7 atom stereocenters. The number of nitrogens with one attached hydrogen (secondary N) is 6. The fourth-order valence-corrected chi connectivity index (χ4v) is 7.76. The molecule has 0 unspecified atom stereocenters. The number of Topliss-reactive ketones (excluding diaryl/α,β-unsaturated/α-hetero) is 6. The fourth-order valence-electron chi connectivity index (χ4n) is 7.76. The second-order valence-electron chi connectivity index (χ2n) is 21.3. The van der Waals surface area contributed by atoms with Crippen molar-refractivity contribution in [3.05, 3.63) is 71.8 Å². The van der Waals surface area contributed by atoms with E-state index in [-0.39, 0.29) is 128 Å². The summed E-state index contributed by atoms with van der Waals surface area (Å²) in [7, 11) is 0. The molecule has 0 saturated heterocycles. The maximum Gasteiger partial charge on any atom is 0.237 e. The molecular weight excluding hydrogens is 1010 g/mol. The third-order valence-electron chi connectivity index (χ3n) is 11.9. The molecule has 0 aliphatic rings. The molecule has 0 saturated carbocycles. The second kappa shape index (κ2) is 39.5. The Balaban J connectivity index is 0.00000116. The Morgan fingerprint density at radius 3 is 1.33 bits per heavy atom. The molecule has 2 rings (SSSR count). The van der Waals surface area contributed by atoms with Gasteiger partial charge in [0.1, 0.15) is 11.6 Å². The van der Waals surface area contributed by atoms with E-state index < -0.39 is 53.7 Å². The monoisotopic (exact) mass is 1110 g/mol. The van der Waals surface area contributed by atoms with Crippen molar-refractivity contribution in [3.63, 3.8) is 0 Å². The fraction of sp³-hybridized carbons (Fsp3) is 0.586. The van der Waals surface area contributed by atoms with E-state index in [9.17, 15) is 57.5 Å². The van der Waals surface area contributed by atoms with Crippen LogP contribution >= 0.6 is 0 Å². The van der Waals surface area contributed by atoms with Gasteiger partial charge in [-0.2, -0.15) is 0 Å². The third kappa shape index (κ3) is 33.9. The predicted molar refractivity (Wildman–Crippen MR) is 302 cm³/mol. The molecule has 2 aromatic carbocycles. The van der Waals surface area contributed by atoms with E-state index in [1.165, 1.54) is 20.8 Å². The van der Waals surface area contributed by atoms with Crippen LogP contribution in [0, 0.1) is 35.5 Å². The Morgan fingerprint density at radius 2 is 0.886 bits per heavy atom. The summed E-state index contributed by atoms with van der Waals surface area (Å²) in [5, 5.41) is 15.6. The number of carbonyl (C=O) groups is 12. The molecule has 21 heteroatoms. The van der Waals surface area contributed by atoms with Gasteiger partial charge in [-0.3, -0.25) is 57.5 Å². The summed E-state index contributed by atoms with van der Waals surface area (Å²) in [4.78, 5) is 143. The van der Waals surface area contributed by atoms with Gasteiger partial charge in [0.25, 0.3) is 0 Å². The van der Waals surface area contributed by atoms with Gasteiger partial charge in [0.2, 0.25) is 35.4 Å². The van der Waals surface area contributed by atoms with Gasteiger partial charge in [-0.15, -0.1) is 0 Å². The number of nitrogens with two attached hydrogens (primary N) is 3. The van der Waals surface area contributed by atoms with Gasteiger partial charge >= 0.3 is 0 Å². The number of benzene rings is 2. The van der Waals surface area contributed by atoms with Crippen molar-refractivity contribution < 1.29 is 57.5 Å². The second-order valence-corrected chi connectivity index (χ2v) is 21.3. The van der Waals surface area contributed by atoms with E-state index in [1.54, 1.807) is 13.8 Å². The van der Waals surface area contributed by atoms with Crippen molar-refractivity contribution in [2.24, 2.45) is 52.7 Å². The lowest BCUT2D eigenvalue weighted by atomic mass is 9.88. The van der Waals surface area contributed by atoms with Gasteiger partial charge in [-0.25, -0.2) is 0 Å². The Labute approximate surface area is 467 Å². The van der Waals surface area contributed by atoms with Crippen LogP contribution in [0.15, 0.2) is 60.7 Å². The van der Waals surface area contributed by atoms with Crippen molar-refractivity contribution in [3.8, 4) is 0 Å². The lowest BCUT2D eigenvalue weighted by Crippen LogP contribution is -2.49. The smallest absolute Gasteiger partial charge is 0.237 e. The maximum atomic E-state index is 12.9. The van der Waals surface area contributed by atoms with E-state index in [0.717, 1.165) is 11.1 Å². The molecule has 0 aliphatic carbocycles. The molecule has 0 radical (unpaired) electrons. The summed E-state index contributed by atoms with van der Waals surface area (Å²) in [6.45, 7) is 18.5. The van der Waals surface area contributed by atoms with Crippen LogP contribution in [0.25, 0.3) is 0 Å². The Bertz CT molecular complexity index is 2290. The van der Waals surface area contributed by atoms with Crippen molar-refractivity contribution >= 4 is 70.1 Å². The molecule has 0 fully saturated rings. The normalized spacial score (nSPS) is 13.4. The van der Waals surface area contributed by atoms with Crippen LogP contribution < -0.4 is 49.1 Å². The van der Waals surface area contributed by atoms with Gasteiger partial charge in [-0.1, -0.05) is 109 Å². The van der Waals surface area contributed by atoms with E-state index in [4.69, 9.17) is 17.2 Å². The van der Waals surface area contributed by atoms with E-state index in [1.807, 2.05) is 102 Å². The zero-order chi connectivity index (χ0) is 60.4. The van der Waals surface area contributed by atoms with Crippen LogP contribution in [0.4, 0.5) is 0 Å². The number of amides is 6. The molecule has 0 bridgehead atoms. The van der Waals surface area contributed by atoms with E-state index in [0.29, 0.717) is 32.1 Å². The first kappa shape index (κ1) is 72.2. The molecule has 79 heavy (non-hydrogen) atoms. The molecule has 2 aromatic rings. The Kier molecular flexibility index (Phi) is 36.1. The minimum absolute atomic E-state index is 0.00520. The molecule has 6 amide bonds. The van der Waals surface area contributed by atoms with Gasteiger partial charge < -0.3 is 49.1 Å². The SMILES string of the molecule is CC(=O)CNC(=O)[C@@H](CC(=O)CNC(=O)CN)Cc1ccccc1.CC(=O)CNC(=O)[C@@H](CC(=O)[C@H](Cc1ccccc1)NC(=O)CN)CC(C)C.CC(=O)[C@H](CC(C)C)NC(=O)[C@H](C)CC(=O)[C@H](CC(C)C)NC(=O)[C@H](C)N. The van der Waals surface area contributed by atoms with Crippen LogP contribution in [-0.2, 0) is 70.4 Å². The molecule has 21 nitrogen and oxygen atoms in total. The molecule has 0 aromatic heterocycles. The van der Waals surface area contributed by atoms with Crippen molar-refractivity contribution in [1.82, 2.24) is 31.9 Å². The highest BCUT2D eigenvalue weighted by Crippen LogP contribution is 2.19. The zero-order valence-corrected chi connectivity index (χ0v) is 48.4. The molecule has 0 aliphatic heterocycles. The molecule has 0 heterocycles. The maximum absolute atomic E-state index is 12.9. The minimum atomic E-state index is -0.756. The van der Waals surface area contributed by atoms with Gasteiger partial charge in [0, 0.05) is 37.0 Å². The van der Waals surface area contributed by atoms with Crippen molar-refractivity contribution in [1.29, 1.82) is 0 Å². The number of hydrogen-bond acceptors (Lipinski definition) is 15. The number of carbonyl (C=O) groups excluding carboxylic acids is 12. The van der Waals surface area contributed by atoms with Gasteiger partial charge in [0.05, 0.1) is 56.9 Å². The summed E-state index contributed by atoms with van der Waals surface area (Å²) in [6.07, 6.45) is 2.22. The highest BCUT2D eigenvalue weighted by atomic mass is 16.2.